The summed E-state index contributed by atoms with van der Waals surface area (Å²) in [5, 5.41) is 33.1. The van der Waals surface area contributed by atoms with Gasteiger partial charge in [-0.25, -0.2) is 0 Å². The highest BCUT2D eigenvalue weighted by Gasteiger charge is 2.55. The molecular weight excluding hydrogens is 518 g/mol. The van der Waals surface area contributed by atoms with Gasteiger partial charge in [-0.15, -0.1) is 0 Å². The van der Waals surface area contributed by atoms with Gasteiger partial charge in [-0.1, -0.05) is 0 Å². The fourth-order valence-electron chi connectivity index (χ4n) is 4.09. The van der Waals surface area contributed by atoms with Gasteiger partial charge in [0, 0.05) is 34.6 Å². The second-order valence-corrected chi connectivity index (χ2v) is 8.63. The summed E-state index contributed by atoms with van der Waals surface area (Å²) in [4.78, 5) is 59.0. The first-order valence-corrected chi connectivity index (χ1v) is 11.6. The number of aliphatic hydroxyl groups excluding tert-OH is 3. The lowest BCUT2D eigenvalue weighted by Gasteiger charge is -2.48. The normalized spacial score (nSPS) is 34.9. The van der Waals surface area contributed by atoms with Crippen molar-refractivity contribution < 1.29 is 72.5 Å². The van der Waals surface area contributed by atoms with Crippen molar-refractivity contribution in [2.45, 2.75) is 96.0 Å². The van der Waals surface area contributed by atoms with Crippen molar-refractivity contribution in [1.82, 2.24) is 5.32 Å². The Hall–Kier alpha value is -2.89. The number of carbonyl (C=O) groups excluding carboxylic acids is 5. The van der Waals surface area contributed by atoms with E-state index >= 15 is 0 Å². The first-order chi connectivity index (χ1) is 17.7. The van der Waals surface area contributed by atoms with Crippen molar-refractivity contribution in [2.75, 3.05) is 13.2 Å². The Morgan fingerprint density at radius 2 is 1.29 bits per heavy atom. The number of aliphatic hydroxyl groups is 3. The lowest BCUT2D eigenvalue weighted by molar-refractivity contribution is -0.343. The first-order valence-electron chi connectivity index (χ1n) is 11.6. The molecule has 0 spiro atoms. The molecule has 10 atom stereocenters. The van der Waals surface area contributed by atoms with Crippen LogP contribution in [0.15, 0.2) is 0 Å². The van der Waals surface area contributed by atoms with Gasteiger partial charge in [0.1, 0.15) is 37.1 Å². The van der Waals surface area contributed by atoms with E-state index in [4.69, 9.17) is 33.2 Å². The Bertz CT molecular complexity index is 881. The van der Waals surface area contributed by atoms with Gasteiger partial charge in [-0.3, -0.25) is 24.0 Å². The highest BCUT2D eigenvalue weighted by atomic mass is 16.7. The summed E-state index contributed by atoms with van der Waals surface area (Å²) in [5.74, 6) is -3.94. The Morgan fingerprint density at radius 3 is 1.79 bits per heavy atom. The minimum absolute atomic E-state index is 0.523. The van der Waals surface area contributed by atoms with E-state index in [0.29, 0.717) is 0 Å². The van der Waals surface area contributed by atoms with E-state index < -0.39 is 104 Å². The number of amides is 1. The molecule has 38 heavy (non-hydrogen) atoms. The molecule has 0 aromatic rings. The van der Waals surface area contributed by atoms with Gasteiger partial charge in [0.25, 0.3) is 0 Å². The summed E-state index contributed by atoms with van der Waals surface area (Å²) in [6.07, 6.45) is -14.0. The second kappa shape index (κ2) is 13.8. The van der Waals surface area contributed by atoms with Gasteiger partial charge >= 0.3 is 23.9 Å². The van der Waals surface area contributed by atoms with Crippen molar-refractivity contribution in [3.63, 3.8) is 0 Å². The quantitative estimate of drug-likeness (QED) is 0.166. The molecule has 2 rings (SSSR count). The van der Waals surface area contributed by atoms with Crippen LogP contribution < -0.4 is 5.32 Å². The van der Waals surface area contributed by atoms with Crippen LogP contribution in [-0.2, 0) is 57.1 Å². The largest absolute Gasteiger partial charge is 0.463 e. The van der Waals surface area contributed by atoms with Gasteiger partial charge in [-0.2, -0.15) is 0 Å². The van der Waals surface area contributed by atoms with E-state index in [1.165, 1.54) is 0 Å². The van der Waals surface area contributed by atoms with E-state index in [1.807, 2.05) is 0 Å². The van der Waals surface area contributed by atoms with Crippen LogP contribution in [-0.4, -0.2) is 120 Å². The van der Waals surface area contributed by atoms with Crippen LogP contribution in [0, 0.1) is 0 Å². The zero-order valence-electron chi connectivity index (χ0n) is 21.4. The number of ether oxygens (including phenoxy) is 7. The molecular formula is C22H33NO15. The fourth-order valence-corrected chi connectivity index (χ4v) is 4.09. The molecule has 1 amide bonds. The Morgan fingerprint density at radius 1 is 0.737 bits per heavy atom. The SMILES string of the molecule is CC(=O)N[C@H]1[C@H](O[C@@H]2O[C@H](COC(C)=O)[C@H](OC(C)=O)[C@H](OC(C)=O)[C@@H]2OC(C)=O)[C@H](O)[C@H](CO)O[C@H]1O. The molecule has 2 aliphatic rings. The topological polar surface area (TPSA) is 223 Å². The minimum Gasteiger partial charge on any atom is -0.463 e. The summed E-state index contributed by atoms with van der Waals surface area (Å²) in [6.45, 7) is 4.10. The molecule has 16 nitrogen and oxygen atoms in total. The number of esters is 4. The molecule has 216 valence electrons. The summed E-state index contributed by atoms with van der Waals surface area (Å²) in [7, 11) is 0. The third-order valence-electron chi connectivity index (χ3n) is 5.48. The molecule has 2 aliphatic heterocycles. The van der Waals surface area contributed by atoms with E-state index in [-0.39, 0.29) is 0 Å². The molecule has 0 saturated carbocycles. The molecule has 2 saturated heterocycles. The molecule has 0 unspecified atom stereocenters. The Kier molecular flexibility index (Phi) is 11.4. The Labute approximate surface area is 217 Å². The van der Waals surface area contributed by atoms with Crippen LogP contribution in [0.4, 0.5) is 0 Å². The molecule has 0 aliphatic carbocycles. The fraction of sp³-hybridized carbons (Fsp3) is 0.773. The number of rotatable bonds is 9. The van der Waals surface area contributed by atoms with Crippen LogP contribution in [0.3, 0.4) is 0 Å². The molecule has 16 heteroatoms. The Balaban J connectivity index is 2.54. The van der Waals surface area contributed by atoms with Crippen LogP contribution in [0.1, 0.15) is 34.6 Å². The van der Waals surface area contributed by atoms with Crippen molar-refractivity contribution in [2.24, 2.45) is 0 Å². The zero-order chi connectivity index (χ0) is 28.7. The molecule has 2 heterocycles. The average molecular weight is 551 g/mol. The minimum atomic E-state index is -1.75. The molecule has 0 aromatic heterocycles. The number of carbonyl (C=O) groups is 5. The lowest BCUT2D eigenvalue weighted by Crippen LogP contribution is -2.68. The van der Waals surface area contributed by atoms with Crippen molar-refractivity contribution in [1.29, 1.82) is 0 Å². The molecule has 2 fully saturated rings. The summed E-state index contributed by atoms with van der Waals surface area (Å²) in [6, 6.07) is -1.41. The van der Waals surface area contributed by atoms with Crippen molar-refractivity contribution in [3.05, 3.63) is 0 Å². The van der Waals surface area contributed by atoms with Crippen LogP contribution >= 0.6 is 0 Å². The van der Waals surface area contributed by atoms with Crippen molar-refractivity contribution in [3.8, 4) is 0 Å². The summed E-state index contributed by atoms with van der Waals surface area (Å²) in [5.41, 5.74) is 0. The molecule has 4 N–H and O–H groups in total. The van der Waals surface area contributed by atoms with Gasteiger partial charge in [0.2, 0.25) is 5.91 Å². The smallest absolute Gasteiger partial charge is 0.303 e. The van der Waals surface area contributed by atoms with E-state index in [0.717, 1.165) is 34.6 Å². The summed E-state index contributed by atoms with van der Waals surface area (Å²) < 4.78 is 37.7. The van der Waals surface area contributed by atoms with Gasteiger partial charge in [0.05, 0.1) is 6.61 Å². The van der Waals surface area contributed by atoms with Gasteiger partial charge < -0.3 is 53.8 Å². The molecule has 0 aromatic carbocycles. The van der Waals surface area contributed by atoms with E-state index in [9.17, 15) is 39.3 Å². The third-order valence-corrected chi connectivity index (χ3v) is 5.48. The predicted molar refractivity (Wildman–Crippen MR) is 118 cm³/mol. The van der Waals surface area contributed by atoms with Crippen LogP contribution in [0.5, 0.6) is 0 Å². The summed E-state index contributed by atoms with van der Waals surface area (Å²) >= 11 is 0. The van der Waals surface area contributed by atoms with Gasteiger partial charge in [-0.05, 0) is 0 Å². The third kappa shape index (κ3) is 8.31. The lowest BCUT2D eigenvalue weighted by atomic mass is 9.95. The molecule has 0 radical (unpaired) electrons. The van der Waals surface area contributed by atoms with E-state index in [1.54, 1.807) is 0 Å². The number of hydrogen-bond acceptors (Lipinski definition) is 15. The maximum Gasteiger partial charge on any atom is 0.303 e. The van der Waals surface area contributed by atoms with E-state index in [2.05, 4.69) is 5.32 Å². The van der Waals surface area contributed by atoms with Gasteiger partial charge in [0.15, 0.2) is 30.9 Å². The highest BCUT2D eigenvalue weighted by Crippen LogP contribution is 2.33. The van der Waals surface area contributed by atoms with Crippen LogP contribution in [0.25, 0.3) is 0 Å². The van der Waals surface area contributed by atoms with Crippen LogP contribution in [0.2, 0.25) is 0 Å². The maximum absolute atomic E-state index is 12.0. The second-order valence-electron chi connectivity index (χ2n) is 8.63. The number of nitrogens with one attached hydrogen (secondary N) is 1. The monoisotopic (exact) mass is 551 g/mol. The van der Waals surface area contributed by atoms with Crippen molar-refractivity contribution >= 4 is 29.8 Å². The maximum atomic E-state index is 12.0. The molecule has 0 bridgehead atoms. The highest BCUT2D eigenvalue weighted by molar-refractivity contribution is 5.73. The first kappa shape index (κ1) is 31.3. The predicted octanol–water partition coefficient (Wildman–Crippen LogP) is -2.97. The zero-order valence-corrected chi connectivity index (χ0v) is 21.4. The average Bonchev–Trinajstić information content (AvgIpc) is 2.79. The standard InChI is InChI=1S/C22H33NO15/c1-8(25)23-15-18(16(30)13(6-24)36-21(15)31)38-22-20(35-12(5)29)19(34-11(4)28)17(33-10(3)27)14(37-22)7-32-9(2)26/h13-22,24,30-31H,6-7H2,1-5H3,(H,23,25)/t13-,14+,15-,16+,17-,18-,19-,20-,21+,22-/m0/s1. The number of hydrogen-bond donors (Lipinski definition) is 4.